The van der Waals surface area contributed by atoms with E-state index < -0.39 is 21.5 Å². The van der Waals surface area contributed by atoms with Crippen molar-refractivity contribution in [1.29, 1.82) is 0 Å². The summed E-state index contributed by atoms with van der Waals surface area (Å²) in [6.45, 7) is 6.20. The average Bonchev–Trinajstić information content (AvgIpc) is 3.65. The van der Waals surface area contributed by atoms with Crippen LogP contribution in [0.15, 0.2) is 60.8 Å². The lowest BCUT2D eigenvalue weighted by Gasteiger charge is -2.22. The topological polar surface area (TPSA) is 147 Å². The van der Waals surface area contributed by atoms with E-state index in [0.717, 1.165) is 12.8 Å². The van der Waals surface area contributed by atoms with Gasteiger partial charge in [-0.2, -0.15) is 0 Å². The highest BCUT2D eigenvalue weighted by Gasteiger charge is 2.44. The molecule has 1 aliphatic rings. The Balaban J connectivity index is 1.55. The lowest BCUT2D eigenvalue weighted by molar-refractivity contribution is -0.385. The molecule has 0 atom stereocenters. The Hall–Kier alpha value is -4.54. The van der Waals surface area contributed by atoms with Gasteiger partial charge in [0.15, 0.2) is 0 Å². The summed E-state index contributed by atoms with van der Waals surface area (Å²) in [4.78, 5) is 37.8. The highest BCUT2D eigenvalue weighted by atomic mass is 16.6. The molecule has 1 N–H and O–H groups in total. The summed E-state index contributed by atoms with van der Waals surface area (Å²) in [5.41, 5.74) is 1.67. The van der Waals surface area contributed by atoms with E-state index in [2.05, 4.69) is 10.3 Å². The number of ether oxygens (including phenoxy) is 2. The van der Waals surface area contributed by atoms with E-state index in [-0.39, 0.29) is 16.8 Å². The van der Waals surface area contributed by atoms with E-state index in [1.807, 2.05) is 0 Å². The number of hydrogen-bond acceptors (Lipinski definition) is 8. The molecular weight excluding hydrogens is 492 g/mol. The number of nitrogens with one attached hydrogen (secondary N) is 1. The molecule has 0 saturated heterocycles. The maximum absolute atomic E-state index is 12.0. The van der Waals surface area contributed by atoms with E-state index in [4.69, 9.17) is 9.47 Å². The SMILES string of the molecule is CC(C)(C)OC(=O)NCC1(COc2cnc(-c3ccc([N+](=O)[O-])cc3)c(-c3ccc([N+](=O)[O-])cc3)c2)CC1. The Morgan fingerprint density at radius 2 is 1.53 bits per heavy atom. The standard InChI is InChI=1S/C27H28N4O7/c1-26(2,3)38-25(32)29-16-27(12-13-27)17-37-22-14-23(18-4-8-20(9-5-18)30(33)34)24(28-15-22)19-6-10-21(11-7-19)31(35)36/h4-11,14-15H,12-13,16-17H2,1-3H3,(H,29,32). The molecule has 0 aliphatic heterocycles. The number of rotatable bonds is 9. The second-order valence-electron chi connectivity index (χ2n) is 10.3. The number of nitrogens with zero attached hydrogens (tertiary/aromatic N) is 3. The number of carbonyl (C=O) groups is 1. The largest absolute Gasteiger partial charge is 0.491 e. The third-order valence-electron chi connectivity index (χ3n) is 6.11. The predicted octanol–water partition coefficient (Wildman–Crippen LogP) is 5.92. The Morgan fingerprint density at radius 1 is 0.974 bits per heavy atom. The number of non-ortho nitro benzene ring substituents is 2. The van der Waals surface area contributed by atoms with Gasteiger partial charge in [-0.15, -0.1) is 0 Å². The molecule has 11 nitrogen and oxygen atoms in total. The molecule has 11 heteroatoms. The molecule has 3 aromatic rings. The smallest absolute Gasteiger partial charge is 0.407 e. The molecule has 1 saturated carbocycles. The molecule has 1 aliphatic carbocycles. The third-order valence-corrected chi connectivity index (χ3v) is 6.11. The van der Waals surface area contributed by atoms with Gasteiger partial charge in [0.2, 0.25) is 0 Å². The van der Waals surface area contributed by atoms with Crippen LogP contribution in [0.25, 0.3) is 22.4 Å². The van der Waals surface area contributed by atoms with Crippen LogP contribution in [0.5, 0.6) is 5.75 Å². The third kappa shape index (κ3) is 6.61. The number of aromatic nitrogens is 1. The van der Waals surface area contributed by atoms with Crippen molar-refractivity contribution < 1.29 is 24.1 Å². The van der Waals surface area contributed by atoms with Gasteiger partial charge in [-0.05, 0) is 69.5 Å². The first-order valence-corrected chi connectivity index (χ1v) is 12.0. The molecule has 0 spiro atoms. The van der Waals surface area contributed by atoms with E-state index in [0.29, 0.717) is 41.3 Å². The second kappa shape index (κ2) is 10.4. The van der Waals surface area contributed by atoms with Crippen LogP contribution in [0, 0.1) is 25.6 Å². The molecule has 0 bridgehead atoms. The van der Waals surface area contributed by atoms with Crippen LogP contribution in [-0.4, -0.2) is 39.7 Å². The van der Waals surface area contributed by atoms with Gasteiger partial charge in [0.25, 0.3) is 11.4 Å². The summed E-state index contributed by atoms with van der Waals surface area (Å²) in [6, 6.07) is 13.9. The molecule has 1 fully saturated rings. The Labute approximate surface area is 219 Å². The second-order valence-corrected chi connectivity index (χ2v) is 10.3. The first kappa shape index (κ1) is 26.5. The molecular formula is C27H28N4O7. The predicted molar refractivity (Wildman–Crippen MR) is 140 cm³/mol. The molecule has 1 aromatic heterocycles. The maximum Gasteiger partial charge on any atom is 0.407 e. The minimum absolute atomic E-state index is 0.0414. The van der Waals surface area contributed by atoms with Gasteiger partial charge in [0, 0.05) is 47.4 Å². The number of alkyl carbamates (subject to hydrolysis) is 1. The van der Waals surface area contributed by atoms with Gasteiger partial charge in [-0.1, -0.05) is 0 Å². The molecule has 4 rings (SSSR count). The van der Waals surface area contributed by atoms with Crippen molar-refractivity contribution in [3.63, 3.8) is 0 Å². The van der Waals surface area contributed by atoms with Gasteiger partial charge in [-0.3, -0.25) is 25.2 Å². The number of nitro groups is 2. The van der Waals surface area contributed by atoms with Crippen LogP contribution in [-0.2, 0) is 4.74 Å². The fourth-order valence-corrected chi connectivity index (χ4v) is 3.84. The van der Waals surface area contributed by atoms with E-state index in [1.165, 1.54) is 24.3 Å². The number of hydrogen-bond donors (Lipinski definition) is 1. The van der Waals surface area contributed by atoms with E-state index in [1.54, 1.807) is 57.3 Å². The lowest BCUT2D eigenvalue weighted by atomic mass is 9.98. The Kier molecular flexibility index (Phi) is 7.29. The van der Waals surface area contributed by atoms with Crippen LogP contribution < -0.4 is 10.1 Å². The minimum Gasteiger partial charge on any atom is -0.491 e. The molecule has 0 unspecified atom stereocenters. The molecule has 2 aromatic carbocycles. The van der Waals surface area contributed by atoms with Crippen molar-refractivity contribution in [1.82, 2.24) is 10.3 Å². The summed E-state index contributed by atoms with van der Waals surface area (Å²) in [5, 5.41) is 25.0. The number of carbonyl (C=O) groups excluding carboxylic acids is 1. The van der Waals surface area contributed by atoms with Gasteiger partial charge >= 0.3 is 6.09 Å². The molecule has 198 valence electrons. The number of nitro benzene ring substituents is 2. The molecule has 38 heavy (non-hydrogen) atoms. The summed E-state index contributed by atoms with van der Waals surface area (Å²) in [5.74, 6) is 0.493. The summed E-state index contributed by atoms with van der Waals surface area (Å²) in [6.07, 6.45) is 2.89. The van der Waals surface area contributed by atoms with Crippen molar-refractivity contribution >= 4 is 17.5 Å². The van der Waals surface area contributed by atoms with Crippen molar-refractivity contribution in [2.75, 3.05) is 13.2 Å². The van der Waals surface area contributed by atoms with Crippen molar-refractivity contribution in [3.8, 4) is 28.1 Å². The number of pyridine rings is 1. The van der Waals surface area contributed by atoms with Crippen LogP contribution in [0.3, 0.4) is 0 Å². The normalized spacial score (nSPS) is 13.9. The van der Waals surface area contributed by atoms with E-state index in [9.17, 15) is 25.0 Å². The van der Waals surface area contributed by atoms with Gasteiger partial charge in [0.1, 0.15) is 11.4 Å². The monoisotopic (exact) mass is 520 g/mol. The quantitative estimate of drug-likeness (QED) is 0.270. The Morgan fingerprint density at radius 3 is 2.03 bits per heavy atom. The summed E-state index contributed by atoms with van der Waals surface area (Å²) in [7, 11) is 0. The molecule has 1 heterocycles. The van der Waals surface area contributed by atoms with Crippen LogP contribution in [0.4, 0.5) is 16.2 Å². The fourth-order valence-electron chi connectivity index (χ4n) is 3.84. The van der Waals surface area contributed by atoms with Gasteiger partial charge in [-0.25, -0.2) is 4.79 Å². The number of amides is 1. The van der Waals surface area contributed by atoms with Crippen molar-refractivity contribution in [3.05, 3.63) is 81.0 Å². The van der Waals surface area contributed by atoms with Crippen LogP contribution in [0.2, 0.25) is 0 Å². The fraction of sp³-hybridized carbons (Fsp3) is 0.333. The Bertz CT molecular complexity index is 1350. The van der Waals surface area contributed by atoms with Crippen LogP contribution >= 0.6 is 0 Å². The van der Waals surface area contributed by atoms with Crippen molar-refractivity contribution in [2.24, 2.45) is 5.41 Å². The van der Waals surface area contributed by atoms with Gasteiger partial charge < -0.3 is 14.8 Å². The zero-order chi connectivity index (χ0) is 27.5. The summed E-state index contributed by atoms with van der Waals surface area (Å²) < 4.78 is 11.4. The minimum atomic E-state index is -0.581. The lowest BCUT2D eigenvalue weighted by Crippen LogP contribution is -2.37. The highest BCUT2D eigenvalue weighted by molar-refractivity contribution is 5.82. The van der Waals surface area contributed by atoms with Crippen LogP contribution in [0.1, 0.15) is 33.6 Å². The summed E-state index contributed by atoms with van der Waals surface area (Å²) >= 11 is 0. The maximum atomic E-state index is 12.0. The molecule has 1 amide bonds. The zero-order valence-corrected chi connectivity index (χ0v) is 21.3. The van der Waals surface area contributed by atoms with Crippen molar-refractivity contribution in [2.45, 2.75) is 39.2 Å². The average molecular weight is 521 g/mol. The molecule has 0 radical (unpaired) electrons. The number of benzene rings is 2. The highest BCUT2D eigenvalue weighted by Crippen LogP contribution is 2.45. The first-order chi connectivity index (χ1) is 17.9. The first-order valence-electron chi connectivity index (χ1n) is 12.0. The van der Waals surface area contributed by atoms with E-state index >= 15 is 0 Å². The van der Waals surface area contributed by atoms with Gasteiger partial charge in [0.05, 0.1) is 28.3 Å². The zero-order valence-electron chi connectivity index (χ0n) is 21.3.